The summed E-state index contributed by atoms with van der Waals surface area (Å²) in [5, 5.41) is 0. The summed E-state index contributed by atoms with van der Waals surface area (Å²) in [6.07, 6.45) is 2.04. The molecule has 2 N–H and O–H groups in total. The monoisotopic (exact) mass is 251 g/mol. The number of rotatable bonds is 2. The molecule has 0 saturated carbocycles. The van der Waals surface area contributed by atoms with Crippen molar-refractivity contribution in [3.8, 4) is 0 Å². The lowest BCUT2D eigenvalue weighted by Gasteiger charge is -2.18. The van der Waals surface area contributed by atoms with E-state index in [1.54, 1.807) is 0 Å². The van der Waals surface area contributed by atoms with Gasteiger partial charge in [0.1, 0.15) is 0 Å². The van der Waals surface area contributed by atoms with Gasteiger partial charge in [0, 0.05) is 6.04 Å². The van der Waals surface area contributed by atoms with E-state index in [1.165, 1.54) is 22.3 Å². The first-order valence-electron chi connectivity index (χ1n) is 6.99. The third-order valence-corrected chi connectivity index (χ3v) is 4.23. The third-order valence-electron chi connectivity index (χ3n) is 4.23. The first kappa shape index (κ1) is 12.4. The van der Waals surface area contributed by atoms with Crippen LogP contribution in [-0.4, -0.2) is 0 Å². The Morgan fingerprint density at radius 2 is 1.79 bits per heavy atom. The predicted molar refractivity (Wildman–Crippen MR) is 80.3 cm³/mol. The zero-order valence-corrected chi connectivity index (χ0v) is 11.7. The molecule has 0 heterocycles. The number of benzene rings is 2. The quantitative estimate of drug-likeness (QED) is 0.859. The smallest absolute Gasteiger partial charge is 0.0306 e. The second-order valence-corrected chi connectivity index (χ2v) is 6.28. The lowest BCUT2D eigenvalue weighted by Crippen LogP contribution is -2.14. The van der Waals surface area contributed by atoms with Gasteiger partial charge >= 0.3 is 0 Å². The van der Waals surface area contributed by atoms with Crippen LogP contribution in [0.3, 0.4) is 0 Å². The summed E-state index contributed by atoms with van der Waals surface area (Å²) >= 11 is 0. The molecule has 0 aliphatic heterocycles. The van der Waals surface area contributed by atoms with Gasteiger partial charge in [0.25, 0.3) is 0 Å². The molecular weight excluding hydrogens is 230 g/mol. The summed E-state index contributed by atoms with van der Waals surface area (Å²) in [5.74, 6) is 0. The van der Waals surface area contributed by atoms with Crippen LogP contribution in [0.2, 0.25) is 0 Å². The average molecular weight is 251 g/mol. The van der Waals surface area contributed by atoms with E-state index in [4.69, 9.17) is 5.73 Å². The second-order valence-electron chi connectivity index (χ2n) is 6.28. The van der Waals surface area contributed by atoms with Gasteiger partial charge in [0.15, 0.2) is 0 Å². The van der Waals surface area contributed by atoms with Crippen molar-refractivity contribution in [2.45, 2.75) is 38.1 Å². The topological polar surface area (TPSA) is 26.0 Å². The molecule has 0 radical (unpaired) electrons. The molecule has 1 nitrogen and oxygen atoms in total. The highest BCUT2D eigenvalue weighted by atomic mass is 14.7. The summed E-state index contributed by atoms with van der Waals surface area (Å²) in [6, 6.07) is 17.6. The normalized spacial score (nSPS) is 20.3. The van der Waals surface area contributed by atoms with E-state index < -0.39 is 0 Å². The minimum Gasteiger partial charge on any atom is -0.324 e. The number of fused-ring (bicyclic) bond motifs is 1. The van der Waals surface area contributed by atoms with Crippen molar-refractivity contribution in [2.24, 2.45) is 5.73 Å². The van der Waals surface area contributed by atoms with Crippen molar-refractivity contribution < 1.29 is 0 Å². The molecule has 1 aliphatic carbocycles. The Morgan fingerprint density at radius 1 is 1.05 bits per heavy atom. The van der Waals surface area contributed by atoms with Crippen LogP contribution in [0.5, 0.6) is 0 Å². The molecule has 19 heavy (non-hydrogen) atoms. The van der Waals surface area contributed by atoms with E-state index in [-0.39, 0.29) is 11.5 Å². The van der Waals surface area contributed by atoms with E-state index in [2.05, 4.69) is 62.4 Å². The molecule has 0 bridgehead atoms. The molecule has 0 aromatic heterocycles. The van der Waals surface area contributed by atoms with Crippen LogP contribution in [0.4, 0.5) is 0 Å². The maximum absolute atomic E-state index is 6.28. The predicted octanol–water partition coefficient (Wildman–Crippen LogP) is 3.96. The maximum Gasteiger partial charge on any atom is 0.0306 e. The number of nitrogens with two attached hydrogens (primary N) is 1. The van der Waals surface area contributed by atoms with Crippen LogP contribution in [0, 0.1) is 0 Å². The van der Waals surface area contributed by atoms with E-state index >= 15 is 0 Å². The molecule has 0 saturated heterocycles. The molecule has 0 unspecified atom stereocenters. The zero-order valence-electron chi connectivity index (χ0n) is 11.7. The van der Waals surface area contributed by atoms with E-state index in [0.29, 0.717) is 0 Å². The SMILES string of the molecule is CC1(C)C[C@H](N)c2cc(Cc3ccccc3)ccc21. The van der Waals surface area contributed by atoms with Crippen LogP contribution < -0.4 is 5.73 Å². The van der Waals surface area contributed by atoms with Crippen LogP contribution in [-0.2, 0) is 11.8 Å². The Morgan fingerprint density at radius 3 is 2.53 bits per heavy atom. The second kappa shape index (κ2) is 4.50. The molecular formula is C18H21N. The van der Waals surface area contributed by atoms with Gasteiger partial charge in [0.2, 0.25) is 0 Å². The molecule has 1 aliphatic rings. The van der Waals surface area contributed by atoms with Gasteiger partial charge < -0.3 is 5.73 Å². The largest absolute Gasteiger partial charge is 0.324 e. The van der Waals surface area contributed by atoms with Gasteiger partial charge in [-0.1, -0.05) is 62.4 Å². The summed E-state index contributed by atoms with van der Waals surface area (Å²) in [5.41, 5.74) is 12.0. The van der Waals surface area contributed by atoms with Crippen LogP contribution in [0.25, 0.3) is 0 Å². The molecule has 1 atom stereocenters. The highest BCUT2D eigenvalue weighted by Gasteiger charge is 2.34. The minimum absolute atomic E-state index is 0.195. The van der Waals surface area contributed by atoms with Crippen LogP contribution >= 0.6 is 0 Å². The molecule has 0 amide bonds. The van der Waals surface area contributed by atoms with Crippen molar-refractivity contribution in [1.82, 2.24) is 0 Å². The van der Waals surface area contributed by atoms with E-state index in [1.807, 2.05) is 0 Å². The molecule has 3 rings (SSSR count). The third kappa shape index (κ3) is 2.31. The van der Waals surface area contributed by atoms with E-state index in [0.717, 1.165) is 12.8 Å². The average Bonchev–Trinajstić information content (AvgIpc) is 2.61. The lowest BCUT2D eigenvalue weighted by atomic mass is 9.86. The van der Waals surface area contributed by atoms with Crippen molar-refractivity contribution >= 4 is 0 Å². The van der Waals surface area contributed by atoms with Crippen molar-refractivity contribution in [3.05, 3.63) is 70.8 Å². The van der Waals surface area contributed by atoms with Crippen molar-refractivity contribution in [2.75, 3.05) is 0 Å². The highest BCUT2D eigenvalue weighted by Crippen LogP contribution is 2.43. The van der Waals surface area contributed by atoms with Gasteiger partial charge in [-0.25, -0.2) is 0 Å². The molecule has 98 valence electrons. The Labute approximate surface area is 115 Å². The van der Waals surface area contributed by atoms with Crippen LogP contribution in [0.1, 0.15) is 48.6 Å². The summed E-state index contributed by atoms with van der Waals surface area (Å²) < 4.78 is 0. The lowest BCUT2D eigenvalue weighted by molar-refractivity contribution is 0.481. The molecule has 2 aromatic carbocycles. The number of hydrogen-bond donors (Lipinski definition) is 1. The molecule has 2 aromatic rings. The Bertz CT molecular complexity index is 584. The fraction of sp³-hybridized carbons (Fsp3) is 0.333. The standard InChI is InChI=1S/C18H21N/c1-18(2)12-17(19)15-11-14(8-9-16(15)18)10-13-6-4-3-5-7-13/h3-9,11,17H,10,12,19H2,1-2H3/t17-/m0/s1. The fourth-order valence-corrected chi connectivity index (χ4v) is 3.25. The van der Waals surface area contributed by atoms with Gasteiger partial charge in [-0.3, -0.25) is 0 Å². The highest BCUT2D eigenvalue weighted by molar-refractivity contribution is 5.44. The summed E-state index contributed by atoms with van der Waals surface area (Å²) in [7, 11) is 0. The summed E-state index contributed by atoms with van der Waals surface area (Å²) in [4.78, 5) is 0. The van der Waals surface area contributed by atoms with Gasteiger partial charge in [-0.15, -0.1) is 0 Å². The Hall–Kier alpha value is -1.60. The maximum atomic E-state index is 6.28. The molecule has 1 heteroatoms. The minimum atomic E-state index is 0.195. The van der Waals surface area contributed by atoms with Gasteiger partial charge in [0.05, 0.1) is 0 Å². The first-order chi connectivity index (χ1) is 9.06. The molecule has 0 spiro atoms. The zero-order chi connectivity index (χ0) is 13.5. The summed E-state index contributed by atoms with van der Waals surface area (Å²) in [6.45, 7) is 4.57. The van der Waals surface area contributed by atoms with E-state index in [9.17, 15) is 0 Å². The Balaban J connectivity index is 1.93. The van der Waals surface area contributed by atoms with Gasteiger partial charge in [-0.05, 0) is 40.5 Å². The van der Waals surface area contributed by atoms with Crippen molar-refractivity contribution in [1.29, 1.82) is 0 Å². The Kier molecular flexibility index (Phi) is 2.94. The number of hydrogen-bond acceptors (Lipinski definition) is 1. The fourth-order valence-electron chi connectivity index (χ4n) is 3.25. The first-order valence-corrected chi connectivity index (χ1v) is 6.99. The molecule has 0 fully saturated rings. The van der Waals surface area contributed by atoms with Gasteiger partial charge in [-0.2, -0.15) is 0 Å². The van der Waals surface area contributed by atoms with Crippen LogP contribution in [0.15, 0.2) is 48.5 Å². The van der Waals surface area contributed by atoms with Crippen molar-refractivity contribution in [3.63, 3.8) is 0 Å².